The first kappa shape index (κ1) is 13.9. The van der Waals surface area contributed by atoms with Gasteiger partial charge in [0.2, 0.25) is 0 Å². The van der Waals surface area contributed by atoms with Crippen molar-refractivity contribution >= 4 is 23.0 Å². The Labute approximate surface area is 116 Å². The molecule has 0 saturated heterocycles. The molecule has 0 spiro atoms. The van der Waals surface area contributed by atoms with Crippen molar-refractivity contribution in [1.29, 1.82) is 0 Å². The number of anilines is 3. The molecule has 0 radical (unpaired) electrons. The smallest absolute Gasteiger partial charge is 0.338 e. The Hall–Kier alpha value is -2.56. The summed E-state index contributed by atoms with van der Waals surface area (Å²) in [5.74, 6) is -2.16. The van der Waals surface area contributed by atoms with Crippen LogP contribution in [0.4, 0.5) is 21.5 Å². The number of aromatic carboxylic acids is 1. The van der Waals surface area contributed by atoms with Crippen LogP contribution < -0.4 is 11.1 Å². The third-order valence-corrected chi connectivity index (χ3v) is 3.02. The van der Waals surface area contributed by atoms with Gasteiger partial charge in [0.25, 0.3) is 0 Å². The Morgan fingerprint density at radius 2 is 1.90 bits per heavy atom. The molecule has 0 heterocycles. The minimum atomic E-state index is -1.34. The first-order chi connectivity index (χ1) is 9.38. The van der Waals surface area contributed by atoms with Gasteiger partial charge in [-0.05, 0) is 31.5 Å². The summed E-state index contributed by atoms with van der Waals surface area (Å²) >= 11 is 0. The number of nitrogens with one attached hydrogen (secondary N) is 1. The number of carbonyl (C=O) groups is 1. The number of benzene rings is 2. The van der Waals surface area contributed by atoms with Crippen LogP contribution in [0, 0.1) is 19.7 Å². The number of rotatable bonds is 3. The number of carboxylic acid groups (broad SMARTS) is 1. The molecule has 0 atom stereocenters. The topological polar surface area (TPSA) is 75.3 Å². The first-order valence-electron chi connectivity index (χ1n) is 6.05. The van der Waals surface area contributed by atoms with E-state index in [2.05, 4.69) is 5.32 Å². The van der Waals surface area contributed by atoms with Gasteiger partial charge in [0, 0.05) is 11.8 Å². The lowest BCUT2D eigenvalue weighted by atomic mass is 10.1. The summed E-state index contributed by atoms with van der Waals surface area (Å²) in [5, 5.41) is 11.8. The van der Waals surface area contributed by atoms with Crippen LogP contribution in [0.1, 0.15) is 21.5 Å². The molecule has 0 unspecified atom stereocenters. The average molecular weight is 274 g/mol. The maximum atomic E-state index is 13.7. The fraction of sp³-hybridized carbons (Fsp3) is 0.133. The molecule has 104 valence electrons. The van der Waals surface area contributed by atoms with E-state index in [-0.39, 0.29) is 5.69 Å². The van der Waals surface area contributed by atoms with E-state index >= 15 is 0 Å². The third-order valence-electron chi connectivity index (χ3n) is 3.02. The predicted molar refractivity (Wildman–Crippen MR) is 77.0 cm³/mol. The van der Waals surface area contributed by atoms with Crippen LogP contribution >= 0.6 is 0 Å². The lowest BCUT2D eigenvalue weighted by Gasteiger charge is -2.13. The van der Waals surface area contributed by atoms with Crippen molar-refractivity contribution in [3.8, 4) is 0 Å². The van der Waals surface area contributed by atoms with Gasteiger partial charge in [0.05, 0.1) is 16.9 Å². The molecule has 0 bridgehead atoms. The van der Waals surface area contributed by atoms with Crippen LogP contribution in [0.25, 0.3) is 0 Å². The van der Waals surface area contributed by atoms with Crippen molar-refractivity contribution in [2.45, 2.75) is 13.8 Å². The molecule has 5 heteroatoms. The van der Waals surface area contributed by atoms with E-state index in [1.807, 2.05) is 32.0 Å². The second-order valence-corrected chi connectivity index (χ2v) is 4.67. The molecule has 2 aromatic carbocycles. The summed E-state index contributed by atoms with van der Waals surface area (Å²) in [6.07, 6.45) is 0. The molecule has 0 saturated carbocycles. The standard InChI is InChI=1S/C15H15FN2O2/c1-8-3-4-13(9(2)5-8)18-14-7-11(16)10(15(19)20)6-12(14)17/h3-7,18H,17H2,1-2H3,(H,19,20). The number of hydrogen-bond acceptors (Lipinski definition) is 3. The summed E-state index contributed by atoms with van der Waals surface area (Å²) in [6, 6.07) is 7.99. The molecule has 0 amide bonds. The summed E-state index contributed by atoms with van der Waals surface area (Å²) in [6.45, 7) is 3.90. The third kappa shape index (κ3) is 2.71. The fourth-order valence-electron chi connectivity index (χ4n) is 1.96. The average Bonchev–Trinajstić information content (AvgIpc) is 2.36. The summed E-state index contributed by atoms with van der Waals surface area (Å²) in [7, 11) is 0. The van der Waals surface area contributed by atoms with E-state index < -0.39 is 17.3 Å². The minimum absolute atomic E-state index is 0.184. The minimum Gasteiger partial charge on any atom is -0.478 e. The van der Waals surface area contributed by atoms with Gasteiger partial charge in [-0.1, -0.05) is 17.7 Å². The molecule has 4 nitrogen and oxygen atoms in total. The molecule has 4 N–H and O–H groups in total. The van der Waals surface area contributed by atoms with Crippen LogP contribution in [0.15, 0.2) is 30.3 Å². The molecule has 0 aliphatic heterocycles. The molecule has 0 aliphatic rings. The molecule has 2 rings (SSSR count). The number of nitrogens with two attached hydrogens (primary N) is 1. The van der Waals surface area contributed by atoms with Gasteiger partial charge in [-0.3, -0.25) is 0 Å². The molecular formula is C15H15FN2O2. The maximum Gasteiger partial charge on any atom is 0.338 e. The van der Waals surface area contributed by atoms with E-state index in [9.17, 15) is 9.18 Å². The van der Waals surface area contributed by atoms with Gasteiger partial charge < -0.3 is 16.2 Å². The van der Waals surface area contributed by atoms with E-state index in [1.165, 1.54) is 0 Å². The Kier molecular flexibility index (Phi) is 3.61. The second kappa shape index (κ2) is 5.21. The van der Waals surface area contributed by atoms with E-state index in [4.69, 9.17) is 10.8 Å². The normalized spacial score (nSPS) is 10.3. The quantitative estimate of drug-likeness (QED) is 0.749. The highest BCUT2D eigenvalue weighted by atomic mass is 19.1. The predicted octanol–water partition coefficient (Wildman–Crippen LogP) is 3.47. The van der Waals surface area contributed by atoms with Crippen LogP contribution in [0.3, 0.4) is 0 Å². The van der Waals surface area contributed by atoms with Crippen molar-refractivity contribution < 1.29 is 14.3 Å². The summed E-state index contributed by atoms with van der Waals surface area (Å²) < 4.78 is 13.7. The van der Waals surface area contributed by atoms with Gasteiger partial charge in [-0.2, -0.15) is 0 Å². The number of nitrogen functional groups attached to an aromatic ring is 1. The van der Waals surface area contributed by atoms with Gasteiger partial charge >= 0.3 is 5.97 Å². The highest BCUT2D eigenvalue weighted by molar-refractivity contribution is 5.91. The Balaban J connectivity index is 2.39. The van der Waals surface area contributed by atoms with Crippen LogP contribution in [0.5, 0.6) is 0 Å². The molecule has 0 aromatic heterocycles. The maximum absolute atomic E-state index is 13.7. The number of hydrogen-bond donors (Lipinski definition) is 3. The second-order valence-electron chi connectivity index (χ2n) is 4.67. The van der Waals surface area contributed by atoms with Gasteiger partial charge in [0.15, 0.2) is 0 Å². The lowest BCUT2D eigenvalue weighted by Crippen LogP contribution is -2.05. The zero-order valence-corrected chi connectivity index (χ0v) is 11.2. The highest BCUT2D eigenvalue weighted by Gasteiger charge is 2.14. The van der Waals surface area contributed by atoms with Crippen molar-refractivity contribution in [3.63, 3.8) is 0 Å². The van der Waals surface area contributed by atoms with E-state index in [0.717, 1.165) is 28.9 Å². The van der Waals surface area contributed by atoms with Crippen LogP contribution in [-0.4, -0.2) is 11.1 Å². The van der Waals surface area contributed by atoms with Gasteiger partial charge in [-0.25, -0.2) is 9.18 Å². The van der Waals surface area contributed by atoms with E-state index in [0.29, 0.717) is 5.69 Å². The Morgan fingerprint density at radius 1 is 1.20 bits per heavy atom. The van der Waals surface area contributed by atoms with Crippen molar-refractivity contribution in [3.05, 3.63) is 52.8 Å². The molecule has 0 fully saturated rings. The van der Waals surface area contributed by atoms with E-state index in [1.54, 1.807) is 0 Å². The molecule has 2 aromatic rings. The highest BCUT2D eigenvalue weighted by Crippen LogP contribution is 2.28. The van der Waals surface area contributed by atoms with Crippen molar-refractivity contribution in [2.75, 3.05) is 11.1 Å². The Morgan fingerprint density at radius 3 is 2.50 bits per heavy atom. The monoisotopic (exact) mass is 274 g/mol. The molecule has 0 aliphatic carbocycles. The van der Waals surface area contributed by atoms with Crippen LogP contribution in [0.2, 0.25) is 0 Å². The van der Waals surface area contributed by atoms with Gasteiger partial charge in [-0.15, -0.1) is 0 Å². The fourth-order valence-corrected chi connectivity index (χ4v) is 1.96. The van der Waals surface area contributed by atoms with Crippen molar-refractivity contribution in [2.24, 2.45) is 0 Å². The largest absolute Gasteiger partial charge is 0.478 e. The van der Waals surface area contributed by atoms with Crippen molar-refractivity contribution in [1.82, 2.24) is 0 Å². The summed E-state index contributed by atoms with van der Waals surface area (Å²) in [4.78, 5) is 10.8. The Bertz CT molecular complexity index is 684. The zero-order valence-electron chi connectivity index (χ0n) is 11.2. The molecule has 20 heavy (non-hydrogen) atoms. The van der Waals surface area contributed by atoms with Crippen LogP contribution in [-0.2, 0) is 0 Å². The number of carboxylic acids is 1. The molecular weight excluding hydrogens is 259 g/mol. The number of halogens is 1. The SMILES string of the molecule is Cc1ccc(Nc2cc(F)c(C(=O)O)cc2N)c(C)c1. The zero-order chi connectivity index (χ0) is 14.9. The van der Waals surface area contributed by atoms with Gasteiger partial charge in [0.1, 0.15) is 5.82 Å². The number of aryl methyl sites for hydroxylation is 2. The lowest BCUT2D eigenvalue weighted by molar-refractivity contribution is 0.0692. The summed E-state index contributed by atoms with van der Waals surface area (Å²) in [5.41, 5.74) is 8.77. The first-order valence-corrected chi connectivity index (χ1v) is 6.05.